The zero-order valence-corrected chi connectivity index (χ0v) is 16.0. The maximum Gasteiger partial charge on any atom is 0.268 e. The second-order valence-electron chi connectivity index (χ2n) is 6.81. The van der Waals surface area contributed by atoms with Gasteiger partial charge in [-0.2, -0.15) is 0 Å². The first-order chi connectivity index (χ1) is 13.5. The van der Waals surface area contributed by atoms with Gasteiger partial charge in [0.05, 0.1) is 10.9 Å². The van der Waals surface area contributed by atoms with E-state index in [1.165, 1.54) is 37.6 Å². The van der Waals surface area contributed by atoms with E-state index in [9.17, 15) is 14.0 Å². The van der Waals surface area contributed by atoms with Crippen LogP contribution in [-0.4, -0.2) is 15.9 Å². The molecule has 0 bridgehead atoms. The number of primary amides is 1. The summed E-state index contributed by atoms with van der Waals surface area (Å²) < 4.78 is 12.1. The summed E-state index contributed by atoms with van der Waals surface area (Å²) >= 11 is 5.40. The molecule has 3 N–H and O–H groups in total. The number of pyridine rings is 2. The van der Waals surface area contributed by atoms with Crippen LogP contribution in [-0.2, 0) is 0 Å². The zero-order valence-electron chi connectivity index (χ0n) is 15.3. The normalized spacial score (nSPS) is 14.4. The summed E-state index contributed by atoms with van der Waals surface area (Å²) in [5.41, 5.74) is 6.74. The van der Waals surface area contributed by atoms with Gasteiger partial charge in [0.25, 0.3) is 5.91 Å². The van der Waals surface area contributed by atoms with Crippen LogP contribution in [0.15, 0.2) is 47.4 Å². The number of hydrogen-bond acceptors (Lipinski definition) is 3. The molecule has 7 heteroatoms. The van der Waals surface area contributed by atoms with E-state index in [0.717, 1.165) is 18.5 Å². The van der Waals surface area contributed by atoms with E-state index >= 15 is 0 Å². The number of hydrogen-bond donors (Lipinski definition) is 2. The second kappa shape index (κ2) is 8.97. The Balaban J connectivity index is 0.000000236. The van der Waals surface area contributed by atoms with Crippen LogP contribution in [0, 0.1) is 5.82 Å². The number of carbonyl (C=O) groups excluding carboxylic acids is 1. The number of fused-ring (bicyclic) bond motifs is 1. The van der Waals surface area contributed by atoms with Crippen LogP contribution in [0.25, 0.3) is 10.9 Å². The molecule has 0 saturated heterocycles. The number of carbonyl (C=O) groups is 1. The number of rotatable bonds is 2. The minimum atomic E-state index is -0.675. The number of benzene rings is 1. The highest BCUT2D eigenvalue weighted by molar-refractivity contribution is 6.30. The fourth-order valence-electron chi connectivity index (χ4n) is 3.50. The molecular weight excluding hydrogens is 381 g/mol. The summed E-state index contributed by atoms with van der Waals surface area (Å²) in [7, 11) is 0. The molecule has 0 spiro atoms. The van der Waals surface area contributed by atoms with Crippen LogP contribution >= 0.6 is 11.6 Å². The van der Waals surface area contributed by atoms with Crippen LogP contribution < -0.4 is 11.2 Å². The number of nitrogens with two attached hydrogens (primary N) is 1. The van der Waals surface area contributed by atoms with Crippen molar-refractivity contribution in [1.82, 2.24) is 9.97 Å². The van der Waals surface area contributed by atoms with Crippen LogP contribution in [0.3, 0.4) is 0 Å². The Hall–Kier alpha value is -2.73. The van der Waals surface area contributed by atoms with Gasteiger partial charge in [-0.05, 0) is 43.0 Å². The Morgan fingerprint density at radius 3 is 2.54 bits per heavy atom. The van der Waals surface area contributed by atoms with E-state index < -0.39 is 5.91 Å². The second-order valence-corrected chi connectivity index (χ2v) is 7.25. The molecule has 28 heavy (non-hydrogen) atoms. The number of H-pyrrole nitrogens is 1. The Kier molecular flexibility index (Phi) is 6.41. The number of nitrogens with one attached hydrogen (secondary N) is 1. The van der Waals surface area contributed by atoms with Gasteiger partial charge >= 0.3 is 0 Å². The van der Waals surface area contributed by atoms with Crippen LogP contribution in [0.2, 0.25) is 5.02 Å². The molecule has 2 heterocycles. The summed E-state index contributed by atoms with van der Waals surface area (Å²) in [5, 5.41) is 0.726. The van der Waals surface area contributed by atoms with Crippen molar-refractivity contribution < 1.29 is 9.18 Å². The van der Waals surface area contributed by atoms with Gasteiger partial charge in [0.1, 0.15) is 11.5 Å². The van der Waals surface area contributed by atoms with Gasteiger partial charge in [-0.1, -0.05) is 36.9 Å². The fourth-order valence-corrected chi connectivity index (χ4v) is 3.68. The summed E-state index contributed by atoms with van der Waals surface area (Å²) in [4.78, 5) is 30.9. The summed E-state index contributed by atoms with van der Waals surface area (Å²) in [6, 6.07) is 9.14. The molecule has 1 aromatic carbocycles. The molecule has 1 amide bonds. The third kappa shape index (κ3) is 4.75. The lowest BCUT2D eigenvalue weighted by Gasteiger charge is -2.21. The predicted molar refractivity (Wildman–Crippen MR) is 108 cm³/mol. The van der Waals surface area contributed by atoms with E-state index in [1.807, 2.05) is 0 Å². The molecule has 4 rings (SSSR count). The smallest absolute Gasteiger partial charge is 0.268 e. The molecule has 0 unspecified atom stereocenters. The predicted octanol–water partition coefficient (Wildman–Crippen LogP) is 4.55. The average Bonchev–Trinajstić information content (AvgIpc) is 2.68. The van der Waals surface area contributed by atoms with Crippen LogP contribution in [0.5, 0.6) is 0 Å². The van der Waals surface area contributed by atoms with Gasteiger partial charge < -0.3 is 10.7 Å². The highest BCUT2D eigenvalue weighted by atomic mass is 35.5. The minimum absolute atomic E-state index is 0.0407. The molecule has 3 aromatic rings. The Morgan fingerprint density at radius 1 is 1.18 bits per heavy atom. The van der Waals surface area contributed by atoms with Gasteiger partial charge in [-0.25, -0.2) is 4.39 Å². The highest BCUT2D eigenvalue weighted by Crippen LogP contribution is 2.31. The number of halogens is 2. The summed E-state index contributed by atoms with van der Waals surface area (Å²) in [5.74, 6) is -0.560. The van der Waals surface area contributed by atoms with E-state index in [2.05, 4.69) is 9.97 Å². The quantitative estimate of drug-likeness (QED) is 0.660. The topological polar surface area (TPSA) is 88.8 Å². The summed E-state index contributed by atoms with van der Waals surface area (Å²) in [6.45, 7) is 0. The molecule has 1 fully saturated rings. The van der Waals surface area contributed by atoms with Crippen molar-refractivity contribution in [2.45, 2.75) is 38.0 Å². The number of aromatic amines is 1. The van der Waals surface area contributed by atoms with Gasteiger partial charge in [0.2, 0.25) is 0 Å². The first kappa shape index (κ1) is 20.0. The van der Waals surface area contributed by atoms with E-state index in [-0.39, 0.29) is 16.9 Å². The Bertz CT molecular complexity index is 1030. The number of nitrogens with zero attached hydrogens (tertiary/aromatic N) is 1. The molecule has 1 saturated carbocycles. The summed E-state index contributed by atoms with van der Waals surface area (Å²) in [6.07, 6.45) is 7.39. The van der Waals surface area contributed by atoms with Gasteiger partial charge in [-0.15, -0.1) is 0 Å². The van der Waals surface area contributed by atoms with Gasteiger partial charge in [-0.3, -0.25) is 14.6 Å². The fraction of sp³-hybridized carbons (Fsp3) is 0.286. The van der Waals surface area contributed by atoms with Crippen molar-refractivity contribution in [3.63, 3.8) is 0 Å². The molecule has 2 aromatic heterocycles. The van der Waals surface area contributed by atoms with Gasteiger partial charge in [0.15, 0.2) is 5.43 Å². The van der Waals surface area contributed by atoms with E-state index in [4.69, 9.17) is 17.3 Å². The first-order valence-electron chi connectivity index (χ1n) is 9.18. The van der Waals surface area contributed by atoms with Crippen molar-refractivity contribution in [3.05, 3.63) is 75.0 Å². The van der Waals surface area contributed by atoms with Crippen molar-refractivity contribution in [3.8, 4) is 0 Å². The monoisotopic (exact) mass is 401 g/mol. The molecule has 146 valence electrons. The van der Waals surface area contributed by atoms with Crippen LogP contribution in [0.1, 0.15) is 54.2 Å². The minimum Gasteiger partial charge on any atom is -0.364 e. The molecule has 1 aliphatic rings. The lowest BCUT2D eigenvalue weighted by atomic mass is 9.86. The Morgan fingerprint density at radius 2 is 1.93 bits per heavy atom. The number of aromatic nitrogens is 2. The Labute approximate surface area is 166 Å². The molecule has 0 atom stereocenters. The largest absolute Gasteiger partial charge is 0.364 e. The highest BCUT2D eigenvalue weighted by Gasteiger charge is 2.19. The van der Waals surface area contributed by atoms with E-state index in [1.54, 1.807) is 24.3 Å². The zero-order chi connectivity index (χ0) is 20.1. The lowest BCUT2D eigenvalue weighted by Crippen LogP contribution is -2.19. The third-order valence-electron chi connectivity index (χ3n) is 4.83. The number of amides is 1. The lowest BCUT2D eigenvalue weighted by molar-refractivity contribution is 0.0997. The molecule has 0 radical (unpaired) electrons. The molecule has 0 aliphatic heterocycles. The molecule has 1 aliphatic carbocycles. The van der Waals surface area contributed by atoms with Crippen LogP contribution in [0.4, 0.5) is 4.39 Å². The maximum absolute atomic E-state index is 12.3. The molecular formula is C21H21ClFN3O2. The SMILES string of the molecule is Fc1cccc(Cl)c1.NC(=O)c1nccc2[nH]c(C3CCCCC3)cc(=O)c12. The average molecular weight is 402 g/mol. The maximum atomic E-state index is 12.3. The van der Waals surface area contributed by atoms with Gasteiger partial charge in [0, 0.05) is 23.0 Å². The standard InChI is InChI=1S/C15H17N3O2.C6H4ClF/c16-15(20)14-13-10(6-7-17-14)18-11(8-12(13)19)9-4-2-1-3-5-9;7-5-2-1-3-6(8)4-5/h6-9H,1-5H2,(H2,16,20)(H,18,19);1-4H. The third-order valence-corrected chi connectivity index (χ3v) is 5.06. The van der Waals surface area contributed by atoms with Crippen molar-refractivity contribution in [2.24, 2.45) is 5.73 Å². The molecule has 5 nitrogen and oxygen atoms in total. The van der Waals surface area contributed by atoms with E-state index in [0.29, 0.717) is 21.8 Å². The first-order valence-corrected chi connectivity index (χ1v) is 9.56. The van der Waals surface area contributed by atoms with Crippen molar-refractivity contribution in [2.75, 3.05) is 0 Å². The van der Waals surface area contributed by atoms with Crippen molar-refractivity contribution in [1.29, 1.82) is 0 Å². The van der Waals surface area contributed by atoms with Crippen molar-refractivity contribution >= 4 is 28.4 Å².